The first-order valence-corrected chi connectivity index (χ1v) is 6.35. The van der Waals surface area contributed by atoms with Gasteiger partial charge in [-0.25, -0.2) is 4.98 Å². The highest BCUT2D eigenvalue weighted by molar-refractivity contribution is 7.11. The zero-order chi connectivity index (χ0) is 12.1. The summed E-state index contributed by atoms with van der Waals surface area (Å²) in [4.78, 5) is 14.8. The Balaban J connectivity index is 2.14. The van der Waals surface area contributed by atoms with Gasteiger partial charge in [0, 0.05) is 10.9 Å². The number of nitrogens with zero attached hydrogens (tertiary/aromatic N) is 1. The number of ether oxygens (including phenoxy) is 1. The van der Waals surface area contributed by atoms with Crippen LogP contribution in [0.15, 0.2) is 29.6 Å². The van der Waals surface area contributed by atoms with E-state index in [0.717, 1.165) is 36.3 Å². The van der Waals surface area contributed by atoms with Crippen LogP contribution in [0.3, 0.4) is 0 Å². The van der Waals surface area contributed by atoms with Crippen molar-refractivity contribution in [3.05, 3.63) is 34.7 Å². The number of carbonyl (C=O) groups excluding carboxylic acids is 1. The lowest BCUT2D eigenvalue weighted by atomic mass is 10.2. The van der Waals surface area contributed by atoms with Crippen LogP contribution in [0, 0.1) is 0 Å². The first-order valence-electron chi connectivity index (χ1n) is 5.47. The fourth-order valence-electron chi connectivity index (χ4n) is 1.42. The largest absolute Gasteiger partial charge is 0.494 e. The average molecular weight is 247 g/mol. The third kappa shape index (κ3) is 2.91. The molecular weight excluding hydrogens is 234 g/mol. The summed E-state index contributed by atoms with van der Waals surface area (Å²) in [6, 6.07) is 7.75. The van der Waals surface area contributed by atoms with E-state index >= 15 is 0 Å². The predicted octanol–water partition coefficient (Wildman–Crippen LogP) is 3.41. The molecule has 4 heteroatoms. The SMILES string of the molecule is CCCOc1ccc(-c2csc(C=O)n2)cc1. The molecule has 1 heterocycles. The van der Waals surface area contributed by atoms with E-state index in [-0.39, 0.29) is 0 Å². The molecule has 0 fully saturated rings. The Bertz CT molecular complexity index is 490. The maximum atomic E-state index is 10.6. The Hall–Kier alpha value is -1.68. The van der Waals surface area contributed by atoms with Gasteiger partial charge in [-0.3, -0.25) is 4.79 Å². The van der Waals surface area contributed by atoms with Crippen molar-refractivity contribution in [2.75, 3.05) is 6.61 Å². The van der Waals surface area contributed by atoms with E-state index < -0.39 is 0 Å². The van der Waals surface area contributed by atoms with Gasteiger partial charge in [-0.1, -0.05) is 6.92 Å². The number of benzene rings is 1. The summed E-state index contributed by atoms with van der Waals surface area (Å²) in [5.74, 6) is 0.862. The van der Waals surface area contributed by atoms with E-state index in [2.05, 4.69) is 11.9 Å². The van der Waals surface area contributed by atoms with Crippen molar-refractivity contribution in [1.29, 1.82) is 0 Å². The zero-order valence-electron chi connectivity index (χ0n) is 9.55. The van der Waals surface area contributed by atoms with Gasteiger partial charge in [0.25, 0.3) is 0 Å². The van der Waals surface area contributed by atoms with Crippen molar-refractivity contribution in [2.45, 2.75) is 13.3 Å². The smallest absolute Gasteiger partial charge is 0.178 e. The maximum absolute atomic E-state index is 10.6. The van der Waals surface area contributed by atoms with Crippen molar-refractivity contribution in [3.8, 4) is 17.0 Å². The van der Waals surface area contributed by atoms with Gasteiger partial charge < -0.3 is 4.74 Å². The molecule has 17 heavy (non-hydrogen) atoms. The maximum Gasteiger partial charge on any atom is 0.178 e. The summed E-state index contributed by atoms with van der Waals surface area (Å²) in [5, 5.41) is 2.39. The fraction of sp³-hybridized carbons (Fsp3) is 0.231. The van der Waals surface area contributed by atoms with Crippen LogP contribution in [0.1, 0.15) is 23.1 Å². The molecule has 1 aromatic carbocycles. The van der Waals surface area contributed by atoms with E-state index in [1.807, 2.05) is 29.6 Å². The third-order valence-corrected chi connectivity index (χ3v) is 3.02. The second-order valence-electron chi connectivity index (χ2n) is 3.56. The van der Waals surface area contributed by atoms with Gasteiger partial charge in [-0.2, -0.15) is 0 Å². The molecule has 3 nitrogen and oxygen atoms in total. The minimum atomic E-state index is 0.506. The van der Waals surface area contributed by atoms with E-state index in [0.29, 0.717) is 5.01 Å². The van der Waals surface area contributed by atoms with E-state index in [1.54, 1.807) is 0 Å². The van der Waals surface area contributed by atoms with Crippen LogP contribution >= 0.6 is 11.3 Å². The van der Waals surface area contributed by atoms with Crippen LogP contribution in [0.2, 0.25) is 0 Å². The number of rotatable bonds is 5. The van der Waals surface area contributed by atoms with Gasteiger partial charge in [-0.05, 0) is 30.7 Å². The summed E-state index contributed by atoms with van der Waals surface area (Å²) < 4.78 is 5.50. The molecule has 0 atom stereocenters. The molecule has 0 saturated carbocycles. The van der Waals surface area contributed by atoms with Crippen molar-refractivity contribution in [3.63, 3.8) is 0 Å². The van der Waals surface area contributed by atoms with Gasteiger partial charge in [0.05, 0.1) is 12.3 Å². The second-order valence-corrected chi connectivity index (χ2v) is 4.45. The lowest BCUT2D eigenvalue weighted by molar-refractivity contribution is 0.112. The van der Waals surface area contributed by atoms with Crippen LogP contribution in [0.5, 0.6) is 5.75 Å². The van der Waals surface area contributed by atoms with Crippen LogP contribution in [0.25, 0.3) is 11.3 Å². The Kier molecular flexibility index (Phi) is 3.88. The minimum Gasteiger partial charge on any atom is -0.494 e. The summed E-state index contributed by atoms with van der Waals surface area (Å²) in [6.07, 6.45) is 1.77. The first kappa shape index (κ1) is 11.8. The second kappa shape index (κ2) is 5.59. The monoisotopic (exact) mass is 247 g/mol. The highest BCUT2D eigenvalue weighted by Crippen LogP contribution is 2.23. The highest BCUT2D eigenvalue weighted by Gasteiger charge is 2.03. The topological polar surface area (TPSA) is 39.2 Å². The van der Waals surface area contributed by atoms with Gasteiger partial charge in [0.15, 0.2) is 11.3 Å². The number of thiazole rings is 1. The third-order valence-electron chi connectivity index (χ3n) is 2.25. The van der Waals surface area contributed by atoms with Gasteiger partial charge in [-0.15, -0.1) is 11.3 Å². The zero-order valence-corrected chi connectivity index (χ0v) is 10.4. The molecule has 0 amide bonds. The summed E-state index contributed by atoms with van der Waals surface area (Å²) in [6.45, 7) is 2.80. The number of hydrogen-bond acceptors (Lipinski definition) is 4. The van der Waals surface area contributed by atoms with Gasteiger partial charge in [0.1, 0.15) is 5.75 Å². The molecule has 0 aliphatic heterocycles. The molecule has 88 valence electrons. The van der Waals surface area contributed by atoms with Crippen LogP contribution in [-0.2, 0) is 0 Å². The molecule has 2 aromatic rings. The molecule has 0 saturated heterocycles. The van der Waals surface area contributed by atoms with E-state index in [4.69, 9.17) is 4.74 Å². The standard InChI is InChI=1S/C13H13NO2S/c1-2-7-16-11-5-3-10(4-6-11)12-9-17-13(8-15)14-12/h3-6,8-9H,2,7H2,1H3. The summed E-state index contributed by atoms with van der Waals surface area (Å²) >= 11 is 1.35. The molecule has 0 aliphatic rings. The van der Waals surface area contributed by atoms with E-state index in [1.165, 1.54) is 11.3 Å². The van der Waals surface area contributed by atoms with Crippen molar-refractivity contribution < 1.29 is 9.53 Å². The molecule has 1 aromatic heterocycles. The minimum absolute atomic E-state index is 0.506. The molecule has 0 radical (unpaired) electrons. The first-order chi connectivity index (χ1) is 8.33. The number of hydrogen-bond donors (Lipinski definition) is 0. The molecule has 0 aliphatic carbocycles. The Morgan fingerprint density at radius 3 is 2.71 bits per heavy atom. The molecule has 2 rings (SSSR count). The Labute approximate surface area is 104 Å². The fourth-order valence-corrected chi connectivity index (χ4v) is 2.04. The van der Waals surface area contributed by atoms with Crippen LogP contribution in [-0.4, -0.2) is 17.9 Å². The predicted molar refractivity (Wildman–Crippen MR) is 68.7 cm³/mol. The average Bonchev–Trinajstić information content (AvgIpc) is 2.86. The molecule has 0 bridgehead atoms. The normalized spacial score (nSPS) is 10.2. The van der Waals surface area contributed by atoms with E-state index in [9.17, 15) is 4.79 Å². The molecular formula is C13H13NO2S. The quantitative estimate of drug-likeness (QED) is 0.760. The van der Waals surface area contributed by atoms with Gasteiger partial charge >= 0.3 is 0 Å². The molecule has 0 N–H and O–H groups in total. The lowest BCUT2D eigenvalue weighted by Crippen LogP contribution is -1.94. The highest BCUT2D eigenvalue weighted by atomic mass is 32.1. The van der Waals surface area contributed by atoms with Crippen LogP contribution in [0.4, 0.5) is 0 Å². The molecule has 0 spiro atoms. The number of aromatic nitrogens is 1. The number of aldehydes is 1. The Morgan fingerprint density at radius 1 is 1.35 bits per heavy atom. The number of carbonyl (C=O) groups is 1. The van der Waals surface area contributed by atoms with Crippen molar-refractivity contribution >= 4 is 17.6 Å². The molecule has 0 unspecified atom stereocenters. The Morgan fingerprint density at radius 2 is 2.12 bits per heavy atom. The summed E-state index contributed by atoms with van der Waals surface area (Å²) in [7, 11) is 0. The van der Waals surface area contributed by atoms with Gasteiger partial charge in [0.2, 0.25) is 0 Å². The van der Waals surface area contributed by atoms with Crippen molar-refractivity contribution in [2.24, 2.45) is 0 Å². The summed E-state index contributed by atoms with van der Waals surface area (Å²) in [5.41, 5.74) is 1.83. The lowest BCUT2D eigenvalue weighted by Gasteiger charge is -2.04. The van der Waals surface area contributed by atoms with Crippen molar-refractivity contribution in [1.82, 2.24) is 4.98 Å². The van der Waals surface area contributed by atoms with Crippen LogP contribution < -0.4 is 4.74 Å².